The number of nitrogens with two attached hydrogens (primary N) is 2. The molecule has 12 heteroatoms. The summed E-state index contributed by atoms with van der Waals surface area (Å²) in [5.41, 5.74) is 9.56. The van der Waals surface area contributed by atoms with Crippen LogP contribution in [0.1, 0.15) is 27.2 Å². The molecule has 1 aromatic heterocycles. The Kier molecular flexibility index (Phi) is 5.50. The lowest BCUT2D eigenvalue weighted by Crippen LogP contribution is -2.15. The molecule has 2 aromatic rings. The number of halogens is 6. The molecule has 0 fully saturated rings. The van der Waals surface area contributed by atoms with Crippen molar-refractivity contribution in [1.29, 1.82) is 0 Å². The third-order valence-corrected chi connectivity index (χ3v) is 4.06. The van der Waals surface area contributed by atoms with Gasteiger partial charge < -0.3 is 11.5 Å². The van der Waals surface area contributed by atoms with Gasteiger partial charge in [-0.1, -0.05) is 40.0 Å². The fourth-order valence-electron chi connectivity index (χ4n) is 1.97. The molecule has 0 bridgehead atoms. The van der Waals surface area contributed by atoms with Crippen molar-refractivity contribution in [2.24, 2.45) is 5.73 Å². The van der Waals surface area contributed by atoms with Gasteiger partial charge in [0, 0.05) is 0 Å². The van der Waals surface area contributed by atoms with Crippen LogP contribution in [-0.2, 0) is 12.7 Å². The van der Waals surface area contributed by atoms with Gasteiger partial charge in [-0.05, 0) is 29.3 Å². The topological polar surface area (TPSA) is 99.8 Å². The number of amides is 1. The van der Waals surface area contributed by atoms with Crippen LogP contribution in [0.4, 0.5) is 19.0 Å². The van der Waals surface area contributed by atoms with Crippen LogP contribution in [0.25, 0.3) is 5.03 Å². The Morgan fingerprint density at radius 2 is 1.84 bits per heavy atom. The predicted molar refractivity (Wildman–Crippen MR) is 88.0 cm³/mol. The van der Waals surface area contributed by atoms with E-state index in [9.17, 15) is 18.0 Å². The molecule has 1 heterocycles. The molecule has 0 radical (unpaired) electrons. The molecule has 25 heavy (non-hydrogen) atoms. The summed E-state index contributed by atoms with van der Waals surface area (Å²) in [5.74, 6) is -1.09. The van der Waals surface area contributed by atoms with Gasteiger partial charge >= 0.3 is 6.18 Å². The molecule has 134 valence electrons. The summed E-state index contributed by atoms with van der Waals surface area (Å²) in [4.78, 5) is 11.1. The van der Waals surface area contributed by atoms with Gasteiger partial charge in [-0.25, -0.2) is 4.68 Å². The summed E-state index contributed by atoms with van der Waals surface area (Å²) in [6.45, 7) is -0.215. The summed E-state index contributed by atoms with van der Waals surface area (Å²) < 4.78 is 39.9. The molecule has 0 aliphatic rings. The van der Waals surface area contributed by atoms with Gasteiger partial charge in [-0.3, -0.25) is 4.79 Å². The van der Waals surface area contributed by atoms with Crippen LogP contribution in [0.3, 0.4) is 0 Å². The van der Waals surface area contributed by atoms with E-state index in [1.54, 1.807) is 0 Å². The normalized spacial score (nSPS) is 11.4. The summed E-state index contributed by atoms with van der Waals surface area (Å²) in [5, 5.41) is 6.83. The molecule has 0 atom stereocenters. The molecule has 1 amide bonds. The van der Waals surface area contributed by atoms with Crippen LogP contribution in [-0.4, -0.2) is 20.9 Å². The average Bonchev–Trinajstić information content (AvgIpc) is 2.86. The van der Waals surface area contributed by atoms with E-state index in [2.05, 4.69) is 10.3 Å². The third-order valence-electron chi connectivity index (χ3n) is 3.08. The number of hydrogen-bond donors (Lipinski definition) is 2. The second kappa shape index (κ2) is 7.11. The van der Waals surface area contributed by atoms with Crippen molar-refractivity contribution in [2.75, 3.05) is 5.73 Å². The monoisotopic (exact) mass is 413 g/mol. The van der Waals surface area contributed by atoms with Gasteiger partial charge in [0.1, 0.15) is 4.49 Å². The van der Waals surface area contributed by atoms with E-state index in [4.69, 9.17) is 46.3 Å². The first-order valence-corrected chi connectivity index (χ1v) is 7.55. The number of anilines is 1. The number of alkyl halides is 3. The van der Waals surface area contributed by atoms with Crippen molar-refractivity contribution in [3.05, 3.63) is 45.1 Å². The molecule has 0 aliphatic heterocycles. The molecule has 0 unspecified atom stereocenters. The van der Waals surface area contributed by atoms with Crippen LogP contribution in [0.5, 0.6) is 0 Å². The fourth-order valence-corrected chi connectivity index (χ4v) is 2.30. The van der Waals surface area contributed by atoms with Crippen LogP contribution in [0.15, 0.2) is 22.7 Å². The lowest BCUT2D eigenvalue weighted by atomic mass is 10.0. The first kappa shape index (κ1) is 19.4. The van der Waals surface area contributed by atoms with E-state index in [-0.39, 0.29) is 38.7 Å². The van der Waals surface area contributed by atoms with Gasteiger partial charge in [0.25, 0.3) is 5.91 Å². The molecule has 1 aromatic carbocycles. The zero-order valence-corrected chi connectivity index (χ0v) is 14.4. The van der Waals surface area contributed by atoms with E-state index < -0.39 is 17.6 Å². The number of carbonyl (C=O) groups excluding carboxylic acids is 1. The number of aromatic nitrogens is 3. The quantitative estimate of drug-likeness (QED) is 0.801. The van der Waals surface area contributed by atoms with Crippen LogP contribution >= 0.6 is 34.8 Å². The highest BCUT2D eigenvalue weighted by Gasteiger charge is 2.31. The number of carbonyl (C=O) groups is 1. The minimum atomic E-state index is -4.63. The molecule has 6 nitrogen and oxygen atoms in total. The van der Waals surface area contributed by atoms with Gasteiger partial charge in [0.2, 0.25) is 0 Å². The maximum atomic E-state index is 13.1. The predicted octanol–water partition coefficient (Wildman–Crippen LogP) is 3.37. The number of benzene rings is 1. The highest BCUT2D eigenvalue weighted by Crippen LogP contribution is 2.35. The fraction of sp³-hybridized carbons (Fsp3) is 0.154. The number of hydrogen-bond acceptors (Lipinski definition) is 4. The van der Waals surface area contributed by atoms with E-state index in [0.29, 0.717) is 0 Å². The molecule has 0 aliphatic carbocycles. The Morgan fingerprint density at radius 3 is 2.32 bits per heavy atom. The Hall–Kier alpha value is -1.97. The molecular formula is C13H9Cl3F3N5O. The van der Waals surface area contributed by atoms with Crippen LogP contribution in [0.2, 0.25) is 0 Å². The highest BCUT2D eigenvalue weighted by molar-refractivity contribution is 6.66. The second-order valence-corrected chi connectivity index (χ2v) is 6.16. The number of nitrogens with zero attached hydrogens (tertiary/aromatic N) is 3. The summed E-state index contributed by atoms with van der Waals surface area (Å²) in [6, 6.07) is 3.00. The minimum absolute atomic E-state index is 0.0414. The molecule has 2 rings (SSSR count). The van der Waals surface area contributed by atoms with Crippen LogP contribution in [0, 0.1) is 0 Å². The molecule has 0 spiro atoms. The standard InChI is InChI=1S/C13H9Cl3F3N5O/c14-8(10(15)16)6-1-5(2-7(3-6)13(17,18)19)4-24-11(20)9(12(21)25)22-23-24/h1-3H,4,20H2,(H2,21,25). The Labute approximate surface area is 154 Å². The largest absolute Gasteiger partial charge is 0.416 e. The van der Waals surface area contributed by atoms with Crippen molar-refractivity contribution in [2.45, 2.75) is 12.7 Å². The zero-order chi connectivity index (χ0) is 18.9. The summed E-state index contributed by atoms with van der Waals surface area (Å²) in [7, 11) is 0. The first-order valence-electron chi connectivity index (χ1n) is 6.41. The average molecular weight is 415 g/mol. The third kappa shape index (κ3) is 4.36. The van der Waals surface area contributed by atoms with Crippen molar-refractivity contribution >= 4 is 51.6 Å². The molecule has 0 saturated carbocycles. The highest BCUT2D eigenvalue weighted by atomic mass is 35.5. The van der Waals surface area contributed by atoms with Gasteiger partial charge in [-0.15, -0.1) is 5.10 Å². The molecular weight excluding hydrogens is 406 g/mol. The molecule has 4 N–H and O–H groups in total. The van der Waals surface area contributed by atoms with E-state index in [1.807, 2.05) is 0 Å². The van der Waals surface area contributed by atoms with E-state index in [1.165, 1.54) is 6.07 Å². The lowest BCUT2D eigenvalue weighted by Gasteiger charge is -2.12. The number of nitrogen functional groups attached to an aromatic ring is 1. The minimum Gasteiger partial charge on any atom is -0.382 e. The second-order valence-electron chi connectivity index (χ2n) is 4.84. The van der Waals surface area contributed by atoms with E-state index >= 15 is 0 Å². The number of rotatable bonds is 4. The van der Waals surface area contributed by atoms with Gasteiger partial charge in [-0.2, -0.15) is 13.2 Å². The SMILES string of the molecule is NC(=O)c1nnn(Cc2cc(C(Cl)=C(Cl)Cl)cc(C(F)(F)F)c2)c1N. The van der Waals surface area contributed by atoms with E-state index in [0.717, 1.165) is 16.8 Å². The Bertz CT molecular complexity index is 859. The smallest absolute Gasteiger partial charge is 0.382 e. The van der Waals surface area contributed by atoms with Crippen molar-refractivity contribution in [3.63, 3.8) is 0 Å². The zero-order valence-electron chi connectivity index (χ0n) is 12.1. The Morgan fingerprint density at radius 1 is 1.20 bits per heavy atom. The Balaban J connectivity index is 2.52. The van der Waals surface area contributed by atoms with Gasteiger partial charge in [0.15, 0.2) is 11.5 Å². The summed E-state index contributed by atoms with van der Waals surface area (Å²) >= 11 is 16.9. The van der Waals surface area contributed by atoms with Crippen molar-refractivity contribution in [3.8, 4) is 0 Å². The first-order chi connectivity index (χ1) is 11.5. The van der Waals surface area contributed by atoms with Crippen LogP contribution < -0.4 is 11.5 Å². The summed E-state index contributed by atoms with van der Waals surface area (Å²) in [6.07, 6.45) is -4.63. The maximum absolute atomic E-state index is 13.1. The van der Waals surface area contributed by atoms with Crippen molar-refractivity contribution < 1.29 is 18.0 Å². The van der Waals surface area contributed by atoms with Gasteiger partial charge in [0.05, 0.1) is 17.1 Å². The number of primary amides is 1. The maximum Gasteiger partial charge on any atom is 0.416 e. The van der Waals surface area contributed by atoms with Crippen molar-refractivity contribution in [1.82, 2.24) is 15.0 Å². The molecule has 0 saturated heterocycles. The lowest BCUT2D eigenvalue weighted by molar-refractivity contribution is -0.137.